The Morgan fingerprint density at radius 1 is 1.25 bits per heavy atom. The molecular formula is C15H16N2O3. The predicted octanol–water partition coefficient (Wildman–Crippen LogP) is 2.15. The molecule has 5 heteroatoms. The van der Waals surface area contributed by atoms with Gasteiger partial charge in [-0.05, 0) is 25.3 Å². The molecule has 3 N–H and O–H groups in total. The van der Waals surface area contributed by atoms with Crippen LogP contribution in [0.1, 0.15) is 29.6 Å². The number of aromatic nitrogens is 1. The van der Waals surface area contributed by atoms with Crippen LogP contribution in [0.3, 0.4) is 0 Å². The highest BCUT2D eigenvalue weighted by Crippen LogP contribution is 2.26. The van der Waals surface area contributed by atoms with Crippen LogP contribution in [0.4, 0.5) is 0 Å². The van der Waals surface area contributed by atoms with Crippen LogP contribution >= 0.6 is 0 Å². The number of carboxylic acid groups (broad SMARTS) is 1. The number of carboxylic acids is 1. The Morgan fingerprint density at radius 2 is 2.05 bits per heavy atom. The molecule has 1 aliphatic carbocycles. The van der Waals surface area contributed by atoms with E-state index in [4.69, 9.17) is 5.11 Å². The van der Waals surface area contributed by atoms with Gasteiger partial charge in [0.05, 0.1) is 11.5 Å². The molecule has 0 spiro atoms. The maximum atomic E-state index is 12.3. The highest BCUT2D eigenvalue weighted by Gasteiger charge is 2.30. The van der Waals surface area contributed by atoms with E-state index in [1.807, 2.05) is 24.3 Å². The Hall–Kier alpha value is -2.30. The van der Waals surface area contributed by atoms with E-state index in [1.165, 1.54) is 0 Å². The first-order valence-electron chi connectivity index (χ1n) is 6.75. The third-order valence-electron chi connectivity index (χ3n) is 3.95. The monoisotopic (exact) mass is 272 g/mol. The van der Waals surface area contributed by atoms with Crippen molar-refractivity contribution in [2.24, 2.45) is 5.92 Å². The summed E-state index contributed by atoms with van der Waals surface area (Å²) in [6, 6.07) is 7.58. The summed E-state index contributed by atoms with van der Waals surface area (Å²) in [5.41, 5.74) is 1.53. The van der Waals surface area contributed by atoms with E-state index in [0.29, 0.717) is 18.4 Å². The number of para-hydroxylation sites is 1. The molecule has 1 aromatic carbocycles. The number of carbonyl (C=O) groups is 2. The van der Waals surface area contributed by atoms with Gasteiger partial charge in [0.25, 0.3) is 5.91 Å². The fourth-order valence-corrected chi connectivity index (χ4v) is 2.86. The van der Waals surface area contributed by atoms with Gasteiger partial charge in [0.15, 0.2) is 0 Å². The second-order valence-corrected chi connectivity index (χ2v) is 5.27. The number of aliphatic carboxylic acids is 1. The van der Waals surface area contributed by atoms with Crippen molar-refractivity contribution in [2.45, 2.75) is 25.3 Å². The van der Waals surface area contributed by atoms with E-state index in [-0.39, 0.29) is 17.9 Å². The maximum absolute atomic E-state index is 12.3. The lowest BCUT2D eigenvalue weighted by Crippen LogP contribution is -2.33. The van der Waals surface area contributed by atoms with E-state index in [9.17, 15) is 9.59 Å². The summed E-state index contributed by atoms with van der Waals surface area (Å²) in [6.07, 6.45) is 3.58. The minimum Gasteiger partial charge on any atom is -0.481 e. The number of fused-ring (bicyclic) bond motifs is 1. The van der Waals surface area contributed by atoms with Crippen molar-refractivity contribution >= 4 is 22.8 Å². The lowest BCUT2D eigenvalue weighted by molar-refractivity contribution is -0.141. The quantitative estimate of drug-likeness (QED) is 0.800. The van der Waals surface area contributed by atoms with Crippen LogP contribution in [-0.4, -0.2) is 28.0 Å². The van der Waals surface area contributed by atoms with Crippen LogP contribution < -0.4 is 5.32 Å². The van der Waals surface area contributed by atoms with Gasteiger partial charge in [0, 0.05) is 23.1 Å². The average Bonchev–Trinajstić information content (AvgIpc) is 3.04. The van der Waals surface area contributed by atoms with E-state index in [1.54, 1.807) is 6.20 Å². The molecule has 20 heavy (non-hydrogen) atoms. The van der Waals surface area contributed by atoms with Crippen LogP contribution in [-0.2, 0) is 4.79 Å². The zero-order valence-electron chi connectivity index (χ0n) is 10.9. The second kappa shape index (κ2) is 5.00. The Morgan fingerprint density at radius 3 is 2.80 bits per heavy atom. The van der Waals surface area contributed by atoms with E-state index in [2.05, 4.69) is 10.3 Å². The molecule has 1 heterocycles. The average molecular weight is 272 g/mol. The van der Waals surface area contributed by atoms with Crippen molar-refractivity contribution < 1.29 is 14.7 Å². The molecule has 0 bridgehead atoms. The minimum absolute atomic E-state index is 0.0442. The fraction of sp³-hybridized carbons (Fsp3) is 0.333. The third kappa shape index (κ3) is 2.27. The van der Waals surface area contributed by atoms with Gasteiger partial charge in [-0.25, -0.2) is 0 Å². The Bertz CT molecular complexity index is 662. The summed E-state index contributed by atoms with van der Waals surface area (Å²) in [4.78, 5) is 26.3. The van der Waals surface area contributed by atoms with Gasteiger partial charge in [-0.3, -0.25) is 9.59 Å². The van der Waals surface area contributed by atoms with Crippen molar-refractivity contribution in [2.75, 3.05) is 0 Å². The first-order valence-corrected chi connectivity index (χ1v) is 6.75. The largest absolute Gasteiger partial charge is 0.481 e. The molecule has 5 nitrogen and oxygen atoms in total. The fourth-order valence-electron chi connectivity index (χ4n) is 2.86. The highest BCUT2D eigenvalue weighted by molar-refractivity contribution is 6.06. The zero-order valence-corrected chi connectivity index (χ0v) is 10.9. The topological polar surface area (TPSA) is 82.2 Å². The van der Waals surface area contributed by atoms with Crippen molar-refractivity contribution in [1.29, 1.82) is 0 Å². The number of hydrogen-bond donors (Lipinski definition) is 3. The molecule has 0 saturated heterocycles. The normalized spacial score (nSPS) is 22.0. The number of hydrogen-bond acceptors (Lipinski definition) is 2. The van der Waals surface area contributed by atoms with Crippen molar-refractivity contribution in [3.8, 4) is 0 Å². The summed E-state index contributed by atoms with van der Waals surface area (Å²) in [5.74, 6) is -1.24. The van der Waals surface area contributed by atoms with Crippen molar-refractivity contribution in [3.63, 3.8) is 0 Å². The lowest BCUT2D eigenvalue weighted by atomic mass is 10.1. The summed E-state index contributed by atoms with van der Waals surface area (Å²) in [6.45, 7) is 0. The molecular weight excluding hydrogens is 256 g/mol. The number of benzene rings is 1. The molecule has 1 fully saturated rings. The molecule has 1 aliphatic rings. The van der Waals surface area contributed by atoms with Gasteiger partial charge in [0.2, 0.25) is 0 Å². The van der Waals surface area contributed by atoms with Crippen LogP contribution in [0.25, 0.3) is 10.9 Å². The molecule has 2 unspecified atom stereocenters. The summed E-state index contributed by atoms with van der Waals surface area (Å²) >= 11 is 0. The minimum atomic E-state index is -0.770. The molecule has 0 radical (unpaired) electrons. The Labute approximate surface area is 116 Å². The highest BCUT2D eigenvalue weighted by atomic mass is 16.4. The SMILES string of the molecule is O=C(NC1CCC(C(=O)O)C1)c1c[nH]c2ccccc12. The second-order valence-electron chi connectivity index (χ2n) is 5.27. The van der Waals surface area contributed by atoms with Gasteiger partial charge in [-0.15, -0.1) is 0 Å². The van der Waals surface area contributed by atoms with E-state index >= 15 is 0 Å². The zero-order chi connectivity index (χ0) is 14.1. The Balaban J connectivity index is 1.73. The number of carbonyl (C=O) groups excluding carboxylic acids is 1. The molecule has 2 atom stereocenters. The molecule has 104 valence electrons. The van der Waals surface area contributed by atoms with Gasteiger partial charge < -0.3 is 15.4 Å². The van der Waals surface area contributed by atoms with E-state index in [0.717, 1.165) is 17.3 Å². The molecule has 1 saturated carbocycles. The standard InChI is InChI=1S/C15H16N2O3/c18-14(17-10-6-5-9(7-10)15(19)20)12-8-16-13-4-2-1-3-11(12)13/h1-4,8-10,16H,5-7H2,(H,17,18)(H,19,20). The summed E-state index contributed by atoms with van der Waals surface area (Å²) in [5, 5.41) is 12.8. The molecule has 0 aliphatic heterocycles. The molecule has 2 aromatic rings. The van der Waals surface area contributed by atoms with Crippen molar-refractivity contribution in [3.05, 3.63) is 36.0 Å². The van der Waals surface area contributed by atoms with Crippen LogP contribution in [0, 0.1) is 5.92 Å². The Kier molecular flexibility index (Phi) is 3.18. The summed E-state index contributed by atoms with van der Waals surface area (Å²) < 4.78 is 0. The van der Waals surface area contributed by atoms with Crippen LogP contribution in [0.2, 0.25) is 0 Å². The van der Waals surface area contributed by atoms with Crippen LogP contribution in [0.5, 0.6) is 0 Å². The molecule has 1 amide bonds. The van der Waals surface area contributed by atoms with Gasteiger partial charge in [-0.2, -0.15) is 0 Å². The first kappa shape index (κ1) is 12.7. The van der Waals surface area contributed by atoms with Gasteiger partial charge >= 0.3 is 5.97 Å². The maximum Gasteiger partial charge on any atom is 0.306 e. The third-order valence-corrected chi connectivity index (χ3v) is 3.95. The predicted molar refractivity (Wildman–Crippen MR) is 74.5 cm³/mol. The number of H-pyrrole nitrogens is 1. The first-order chi connectivity index (χ1) is 9.65. The smallest absolute Gasteiger partial charge is 0.306 e. The number of rotatable bonds is 3. The van der Waals surface area contributed by atoms with Crippen LogP contribution in [0.15, 0.2) is 30.5 Å². The number of amides is 1. The molecule has 1 aromatic heterocycles. The van der Waals surface area contributed by atoms with Crippen molar-refractivity contribution in [1.82, 2.24) is 10.3 Å². The summed E-state index contributed by atoms with van der Waals surface area (Å²) in [7, 11) is 0. The van der Waals surface area contributed by atoms with E-state index < -0.39 is 5.97 Å². The molecule has 3 rings (SSSR count). The van der Waals surface area contributed by atoms with Gasteiger partial charge in [-0.1, -0.05) is 18.2 Å². The number of nitrogens with one attached hydrogen (secondary N) is 2. The lowest BCUT2D eigenvalue weighted by Gasteiger charge is -2.11. The number of aromatic amines is 1. The van der Waals surface area contributed by atoms with Gasteiger partial charge in [0.1, 0.15) is 0 Å².